The number of aryl methyl sites for hydroxylation is 2. The largest absolute Gasteiger partial charge is 0.322 e. The molecule has 0 aliphatic carbocycles. The normalized spacial score (nSPS) is 15.7. The lowest BCUT2D eigenvalue weighted by atomic mass is 9.99. The Morgan fingerprint density at radius 1 is 1.03 bits per heavy atom. The molecule has 1 fully saturated rings. The summed E-state index contributed by atoms with van der Waals surface area (Å²) in [4.78, 5) is 18.7. The lowest BCUT2D eigenvalue weighted by Gasteiger charge is -2.33. The number of benzene rings is 2. The number of hydrogen-bond donors (Lipinski definition) is 1. The highest BCUT2D eigenvalue weighted by atomic mass is 19.1. The van der Waals surface area contributed by atoms with Crippen LogP contribution in [-0.4, -0.2) is 43.2 Å². The molecule has 0 bridgehead atoms. The third kappa shape index (κ3) is 4.30. The molecule has 3 heterocycles. The van der Waals surface area contributed by atoms with Gasteiger partial charge in [-0.15, -0.1) is 5.10 Å². The number of aromatic nitrogens is 5. The molecule has 5 rings (SSSR count). The SMILES string of the molecule is Cc1cc2cc(C(c3nnnn3Cc3ccc(F)cc3)N3CCCCC3)c(=O)[nH]c2cc1C. The van der Waals surface area contributed by atoms with Gasteiger partial charge in [0.25, 0.3) is 5.56 Å². The first-order valence-corrected chi connectivity index (χ1v) is 11.4. The molecular weight excluding hydrogens is 419 g/mol. The summed E-state index contributed by atoms with van der Waals surface area (Å²) in [6, 6.07) is 12.1. The van der Waals surface area contributed by atoms with E-state index in [9.17, 15) is 9.18 Å². The Balaban J connectivity index is 1.62. The molecule has 4 aromatic rings. The fraction of sp³-hybridized carbons (Fsp3) is 0.360. The topological polar surface area (TPSA) is 79.7 Å². The molecule has 170 valence electrons. The summed E-state index contributed by atoms with van der Waals surface area (Å²) < 4.78 is 15.1. The maximum atomic E-state index is 13.4. The second-order valence-electron chi connectivity index (χ2n) is 8.90. The minimum atomic E-state index is -0.365. The van der Waals surface area contributed by atoms with Crippen LogP contribution in [0.3, 0.4) is 0 Å². The van der Waals surface area contributed by atoms with E-state index in [1.165, 1.54) is 24.1 Å². The van der Waals surface area contributed by atoms with Crippen LogP contribution in [0.5, 0.6) is 0 Å². The molecule has 0 amide bonds. The number of rotatable bonds is 5. The number of hydrogen-bond acceptors (Lipinski definition) is 5. The van der Waals surface area contributed by atoms with Gasteiger partial charge in [0.05, 0.1) is 6.54 Å². The molecule has 1 aliphatic heterocycles. The van der Waals surface area contributed by atoms with Gasteiger partial charge in [-0.3, -0.25) is 9.69 Å². The summed E-state index contributed by atoms with van der Waals surface area (Å²) in [5.74, 6) is 0.338. The summed E-state index contributed by atoms with van der Waals surface area (Å²) in [6.45, 7) is 6.26. The zero-order chi connectivity index (χ0) is 22.9. The average molecular weight is 447 g/mol. The van der Waals surface area contributed by atoms with Crippen molar-refractivity contribution in [2.24, 2.45) is 0 Å². The van der Waals surface area contributed by atoms with Crippen molar-refractivity contribution in [1.82, 2.24) is 30.1 Å². The Labute approximate surface area is 191 Å². The number of fused-ring (bicyclic) bond motifs is 1. The summed E-state index contributed by atoms with van der Waals surface area (Å²) in [5, 5.41) is 13.5. The summed E-state index contributed by atoms with van der Waals surface area (Å²) in [6.07, 6.45) is 3.32. The van der Waals surface area contributed by atoms with Crippen LogP contribution in [0.15, 0.2) is 47.3 Å². The third-order valence-corrected chi connectivity index (χ3v) is 6.59. The Hall–Kier alpha value is -3.39. The van der Waals surface area contributed by atoms with Crippen molar-refractivity contribution in [2.75, 3.05) is 13.1 Å². The second-order valence-corrected chi connectivity index (χ2v) is 8.90. The molecular formula is C25H27FN6O. The summed E-state index contributed by atoms with van der Waals surface area (Å²) in [5.41, 5.74) is 4.55. The molecule has 1 aliphatic rings. The van der Waals surface area contributed by atoms with Gasteiger partial charge in [-0.05, 0) is 103 Å². The van der Waals surface area contributed by atoms with E-state index in [0.29, 0.717) is 17.9 Å². The van der Waals surface area contributed by atoms with Crippen molar-refractivity contribution < 1.29 is 4.39 Å². The number of aromatic amines is 1. The third-order valence-electron chi connectivity index (χ3n) is 6.59. The molecule has 1 atom stereocenters. The van der Waals surface area contributed by atoms with Gasteiger partial charge < -0.3 is 4.98 Å². The van der Waals surface area contributed by atoms with Gasteiger partial charge in [-0.25, -0.2) is 9.07 Å². The first kappa shape index (κ1) is 21.5. The van der Waals surface area contributed by atoms with E-state index in [0.717, 1.165) is 48.0 Å². The molecule has 0 radical (unpaired) electrons. The van der Waals surface area contributed by atoms with Gasteiger partial charge in [0.2, 0.25) is 0 Å². The lowest BCUT2D eigenvalue weighted by molar-refractivity contribution is 0.177. The summed E-state index contributed by atoms with van der Waals surface area (Å²) >= 11 is 0. The predicted octanol–water partition coefficient (Wildman–Crippen LogP) is 3.89. The number of likely N-dealkylation sites (tertiary alicyclic amines) is 1. The first-order chi connectivity index (χ1) is 16.0. The van der Waals surface area contributed by atoms with E-state index >= 15 is 0 Å². The highest BCUT2D eigenvalue weighted by molar-refractivity contribution is 5.81. The number of pyridine rings is 1. The van der Waals surface area contributed by atoms with Crippen molar-refractivity contribution in [2.45, 2.75) is 45.7 Å². The Bertz CT molecular complexity index is 1340. The van der Waals surface area contributed by atoms with Crippen molar-refractivity contribution >= 4 is 10.9 Å². The average Bonchev–Trinajstić information content (AvgIpc) is 3.26. The monoisotopic (exact) mass is 446 g/mol. The highest BCUT2D eigenvalue weighted by Crippen LogP contribution is 2.30. The smallest absolute Gasteiger partial charge is 0.253 e. The lowest BCUT2D eigenvalue weighted by Crippen LogP contribution is -2.38. The zero-order valence-corrected chi connectivity index (χ0v) is 18.9. The van der Waals surface area contributed by atoms with Crippen LogP contribution in [0.25, 0.3) is 10.9 Å². The van der Waals surface area contributed by atoms with Crippen LogP contribution in [0.4, 0.5) is 4.39 Å². The van der Waals surface area contributed by atoms with Gasteiger partial charge in [-0.1, -0.05) is 18.6 Å². The molecule has 1 saturated heterocycles. The number of nitrogens with zero attached hydrogens (tertiary/aromatic N) is 5. The maximum absolute atomic E-state index is 13.4. The Kier molecular flexibility index (Phi) is 5.76. The molecule has 2 aromatic carbocycles. The van der Waals surface area contributed by atoms with E-state index in [-0.39, 0.29) is 17.4 Å². The number of halogens is 1. The minimum absolute atomic E-state index is 0.127. The molecule has 33 heavy (non-hydrogen) atoms. The fourth-order valence-electron chi connectivity index (χ4n) is 4.66. The van der Waals surface area contributed by atoms with E-state index < -0.39 is 0 Å². The van der Waals surface area contributed by atoms with E-state index in [1.54, 1.807) is 16.8 Å². The zero-order valence-electron chi connectivity index (χ0n) is 18.9. The van der Waals surface area contributed by atoms with Crippen LogP contribution in [0, 0.1) is 19.7 Å². The van der Waals surface area contributed by atoms with Gasteiger partial charge in [0, 0.05) is 11.1 Å². The molecule has 0 spiro atoms. The maximum Gasteiger partial charge on any atom is 0.253 e. The van der Waals surface area contributed by atoms with Crippen LogP contribution >= 0.6 is 0 Å². The van der Waals surface area contributed by atoms with E-state index in [1.807, 2.05) is 19.1 Å². The fourth-order valence-corrected chi connectivity index (χ4v) is 4.66. The van der Waals surface area contributed by atoms with Gasteiger partial charge in [-0.2, -0.15) is 0 Å². The molecule has 0 saturated carbocycles. The van der Waals surface area contributed by atoms with Gasteiger partial charge >= 0.3 is 0 Å². The van der Waals surface area contributed by atoms with E-state index in [2.05, 4.69) is 38.4 Å². The van der Waals surface area contributed by atoms with Crippen LogP contribution < -0.4 is 5.56 Å². The van der Waals surface area contributed by atoms with Crippen molar-refractivity contribution in [1.29, 1.82) is 0 Å². The Morgan fingerprint density at radius 3 is 2.52 bits per heavy atom. The number of piperidine rings is 1. The van der Waals surface area contributed by atoms with Gasteiger partial charge in [0.15, 0.2) is 5.82 Å². The molecule has 1 N–H and O–H groups in total. The number of H-pyrrole nitrogens is 1. The summed E-state index contributed by atoms with van der Waals surface area (Å²) in [7, 11) is 0. The second kappa shape index (κ2) is 8.86. The quantitative estimate of drug-likeness (QED) is 0.503. The van der Waals surface area contributed by atoms with Crippen molar-refractivity contribution in [3.8, 4) is 0 Å². The van der Waals surface area contributed by atoms with Crippen molar-refractivity contribution in [3.05, 3.63) is 86.7 Å². The van der Waals surface area contributed by atoms with Crippen LogP contribution in [0.2, 0.25) is 0 Å². The van der Waals surface area contributed by atoms with E-state index in [4.69, 9.17) is 0 Å². The molecule has 7 nitrogen and oxygen atoms in total. The molecule has 8 heteroatoms. The predicted molar refractivity (Wildman–Crippen MR) is 125 cm³/mol. The minimum Gasteiger partial charge on any atom is -0.322 e. The number of tetrazole rings is 1. The van der Waals surface area contributed by atoms with Crippen LogP contribution in [0.1, 0.15) is 53.4 Å². The number of nitrogens with one attached hydrogen (secondary N) is 1. The molecule has 2 aromatic heterocycles. The molecule has 1 unspecified atom stereocenters. The van der Waals surface area contributed by atoms with Crippen LogP contribution in [-0.2, 0) is 6.54 Å². The van der Waals surface area contributed by atoms with Gasteiger partial charge in [0.1, 0.15) is 11.9 Å². The first-order valence-electron chi connectivity index (χ1n) is 11.4. The Morgan fingerprint density at radius 2 is 1.76 bits per heavy atom. The van der Waals surface area contributed by atoms with Crippen molar-refractivity contribution in [3.63, 3.8) is 0 Å². The standard InChI is InChI=1S/C25H27FN6O/c1-16-12-19-14-21(25(33)27-22(19)13-17(16)2)23(31-10-4-3-5-11-31)24-28-29-30-32(24)15-18-6-8-20(26)9-7-18/h6-9,12-14,23H,3-5,10-11,15H2,1-2H3,(H,27,33). The highest BCUT2D eigenvalue weighted by Gasteiger charge is 2.31.